The average Bonchev–Trinajstić information content (AvgIpc) is 3.11. The lowest BCUT2D eigenvalue weighted by Gasteiger charge is -2.39. The Kier molecular flexibility index (Phi) is 11.8. The van der Waals surface area contributed by atoms with Gasteiger partial charge in [-0.15, -0.1) is 0 Å². The fourth-order valence-electron chi connectivity index (χ4n) is 6.07. The Bertz CT molecular complexity index is 1810. The van der Waals surface area contributed by atoms with Gasteiger partial charge in [0.15, 0.2) is 0 Å². The summed E-state index contributed by atoms with van der Waals surface area (Å²) >= 11 is 0. The van der Waals surface area contributed by atoms with E-state index < -0.39 is 34.0 Å². The zero-order chi connectivity index (χ0) is 35.0. The van der Waals surface area contributed by atoms with E-state index in [-0.39, 0.29) is 28.9 Å². The average molecular weight is 684 g/mol. The number of carbonyl (C=O) groups is 2. The quantitative estimate of drug-likeness (QED) is 0.169. The Balaban J connectivity index is 1.41. The van der Waals surface area contributed by atoms with Gasteiger partial charge in [-0.25, -0.2) is 8.42 Å². The van der Waals surface area contributed by atoms with Crippen molar-refractivity contribution in [2.24, 2.45) is 0 Å². The predicted molar refractivity (Wildman–Crippen MR) is 193 cm³/mol. The Morgan fingerprint density at radius 3 is 2.02 bits per heavy atom. The second-order valence-corrected chi connectivity index (χ2v) is 14.7. The molecule has 5 rings (SSSR count). The number of hydrogen-bond acceptors (Lipinski definition) is 7. The molecule has 0 bridgehead atoms. The van der Waals surface area contributed by atoms with E-state index in [4.69, 9.17) is 0 Å². The van der Waals surface area contributed by atoms with Gasteiger partial charge in [0.1, 0.15) is 0 Å². The van der Waals surface area contributed by atoms with Gasteiger partial charge in [-0.1, -0.05) is 91.0 Å². The van der Waals surface area contributed by atoms with Gasteiger partial charge in [-0.05, 0) is 48.2 Å². The molecule has 0 spiro atoms. The number of sulfonamides is 1. The molecule has 1 aliphatic heterocycles. The van der Waals surface area contributed by atoms with Gasteiger partial charge in [0.25, 0.3) is 11.8 Å². The fourth-order valence-corrected chi connectivity index (χ4v) is 6.55. The Hall–Kier alpha value is -4.55. The number of aliphatic hydroxyl groups is 1. The molecule has 1 saturated heterocycles. The van der Waals surface area contributed by atoms with Gasteiger partial charge in [0.2, 0.25) is 10.0 Å². The first kappa shape index (κ1) is 35.7. The van der Waals surface area contributed by atoms with Crippen molar-refractivity contribution in [3.8, 4) is 0 Å². The molecule has 1 unspecified atom stereocenters. The first-order valence-corrected chi connectivity index (χ1v) is 18.3. The predicted octanol–water partition coefficient (Wildman–Crippen LogP) is 3.75. The Labute approximate surface area is 289 Å². The van der Waals surface area contributed by atoms with Crippen LogP contribution in [0.4, 0.5) is 5.69 Å². The third kappa shape index (κ3) is 9.76. The molecule has 0 aliphatic carbocycles. The van der Waals surface area contributed by atoms with Crippen molar-refractivity contribution in [2.75, 3.05) is 37.2 Å². The second kappa shape index (κ2) is 16.2. The van der Waals surface area contributed by atoms with Gasteiger partial charge in [0, 0.05) is 50.4 Å². The summed E-state index contributed by atoms with van der Waals surface area (Å²) in [7, 11) is -2.34. The van der Waals surface area contributed by atoms with E-state index >= 15 is 0 Å². The van der Waals surface area contributed by atoms with Gasteiger partial charge < -0.3 is 21.1 Å². The molecule has 1 fully saturated rings. The molecule has 2 amide bonds. The lowest BCUT2D eigenvalue weighted by atomic mass is 9.94. The van der Waals surface area contributed by atoms with E-state index in [9.17, 15) is 23.1 Å². The van der Waals surface area contributed by atoms with Gasteiger partial charge in [-0.3, -0.25) is 18.8 Å². The van der Waals surface area contributed by atoms with Crippen LogP contribution in [0.25, 0.3) is 0 Å². The topological polar surface area (TPSA) is 131 Å². The minimum atomic E-state index is -3.71. The number of hydrogen-bond donors (Lipinski definition) is 4. The third-order valence-electron chi connectivity index (χ3n) is 8.93. The van der Waals surface area contributed by atoms with Crippen LogP contribution < -0.4 is 20.3 Å². The van der Waals surface area contributed by atoms with E-state index in [0.717, 1.165) is 34.8 Å². The Morgan fingerprint density at radius 2 is 1.43 bits per heavy atom. The maximum absolute atomic E-state index is 14.0. The number of benzene rings is 4. The molecule has 258 valence electrons. The van der Waals surface area contributed by atoms with E-state index in [1.54, 1.807) is 0 Å². The maximum atomic E-state index is 14.0. The van der Waals surface area contributed by atoms with Crippen LogP contribution in [-0.2, 0) is 23.0 Å². The minimum Gasteiger partial charge on any atom is -0.389 e. The summed E-state index contributed by atoms with van der Waals surface area (Å²) in [5.74, 6) is -0.995. The smallest absolute Gasteiger partial charge is 0.251 e. The molecular formula is C38H45N5O5S. The standard InChI is InChI=1S/C38H45N5O5S/c1-27(30-17-11-6-12-18-30)40-37(45)31-22-32(24-33(23-31)42(2)49(3,47)48)38(46)41-34(21-28-13-7-4-8-14-28)36(44)35-26-43(20-19-39-35)25-29-15-9-5-10-16-29/h4-18,22-24,27,34-36,39,44H,19-21,25-26H2,1-3H3,(H,40,45)(H,41,46)/t27-,34+,35?,36+/m1/s1. The minimum absolute atomic E-state index is 0.0954. The highest BCUT2D eigenvalue weighted by atomic mass is 32.2. The van der Waals surface area contributed by atoms with E-state index in [0.29, 0.717) is 19.5 Å². The summed E-state index contributed by atoms with van der Waals surface area (Å²) in [6, 6.07) is 32.2. The number of aliphatic hydroxyl groups excluding tert-OH is 1. The number of nitrogens with one attached hydrogen (secondary N) is 3. The largest absolute Gasteiger partial charge is 0.389 e. The second-order valence-electron chi connectivity index (χ2n) is 12.6. The molecule has 0 saturated carbocycles. The number of carbonyl (C=O) groups excluding carboxylic acids is 2. The van der Waals surface area contributed by atoms with Crippen molar-refractivity contribution in [3.63, 3.8) is 0 Å². The molecule has 4 N–H and O–H groups in total. The number of piperazine rings is 1. The molecule has 10 nitrogen and oxygen atoms in total. The lowest BCUT2D eigenvalue weighted by molar-refractivity contribution is 0.0464. The van der Waals surface area contributed by atoms with Gasteiger partial charge in [0.05, 0.1) is 30.1 Å². The molecule has 1 aliphatic rings. The van der Waals surface area contributed by atoms with Crippen LogP contribution in [0.3, 0.4) is 0 Å². The van der Waals surface area contributed by atoms with E-state index in [1.807, 2.05) is 85.8 Å². The highest BCUT2D eigenvalue weighted by Gasteiger charge is 2.33. The van der Waals surface area contributed by atoms with Crippen molar-refractivity contribution in [2.45, 2.75) is 44.1 Å². The molecule has 1 heterocycles. The van der Waals surface area contributed by atoms with Crippen LogP contribution >= 0.6 is 0 Å². The van der Waals surface area contributed by atoms with Crippen molar-refractivity contribution >= 4 is 27.5 Å². The summed E-state index contributed by atoms with van der Waals surface area (Å²) in [6.45, 7) is 4.68. The molecule has 4 atom stereocenters. The van der Waals surface area contributed by atoms with Crippen LogP contribution in [0.15, 0.2) is 109 Å². The first-order valence-electron chi connectivity index (χ1n) is 16.5. The van der Waals surface area contributed by atoms with Crippen molar-refractivity contribution in [1.82, 2.24) is 20.9 Å². The van der Waals surface area contributed by atoms with E-state index in [2.05, 4.69) is 33.0 Å². The lowest BCUT2D eigenvalue weighted by Crippen LogP contribution is -2.61. The summed E-state index contributed by atoms with van der Waals surface area (Å²) in [5.41, 5.74) is 3.41. The first-order chi connectivity index (χ1) is 23.5. The zero-order valence-corrected chi connectivity index (χ0v) is 28.9. The van der Waals surface area contributed by atoms with E-state index in [1.165, 1.54) is 30.8 Å². The number of nitrogens with zero attached hydrogens (tertiary/aromatic N) is 2. The molecule has 49 heavy (non-hydrogen) atoms. The molecule has 11 heteroatoms. The molecule has 0 aromatic heterocycles. The molecule has 4 aromatic carbocycles. The fraction of sp³-hybridized carbons (Fsp3) is 0.316. The van der Waals surface area contributed by atoms with Crippen LogP contribution in [0, 0.1) is 0 Å². The van der Waals surface area contributed by atoms with Crippen molar-refractivity contribution < 1.29 is 23.1 Å². The molecule has 4 aromatic rings. The number of amides is 2. The highest BCUT2D eigenvalue weighted by Crippen LogP contribution is 2.23. The normalized spacial score (nSPS) is 17.0. The number of rotatable bonds is 13. The van der Waals surface area contributed by atoms with Gasteiger partial charge in [-0.2, -0.15) is 0 Å². The van der Waals surface area contributed by atoms with Crippen LogP contribution in [0.1, 0.15) is 50.4 Å². The SMILES string of the molecule is C[C@@H](NC(=O)c1cc(C(=O)N[C@@H](Cc2ccccc2)[C@H](O)C2CN(Cc3ccccc3)CCN2)cc(N(C)S(C)(=O)=O)c1)c1ccccc1. The van der Waals surface area contributed by atoms with Gasteiger partial charge >= 0.3 is 0 Å². The van der Waals surface area contributed by atoms with Crippen molar-refractivity contribution in [1.29, 1.82) is 0 Å². The third-order valence-corrected chi connectivity index (χ3v) is 10.1. The van der Waals surface area contributed by atoms with Crippen LogP contribution in [0.2, 0.25) is 0 Å². The summed E-state index contributed by atoms with van der Waals surface area (Å²) in [5, 5.41) is 21.2. The Morgan fingerprint density at radius 1 is 0.878 bits per heavy atom. The molecular weight excluding hydrogens is 639 g/mol. The maximum Gasteiger partial charge on any atom is 0.251 e. The summed E-state index contributed by atoms with van der Waals surface area (Å²) in [4.78, 5) is 29.8. The summed E-state index contributed by atoms with van der Waals surface area (Å²) in [6.07, 6.45) is 0.454. The highest BCUT2D eigenvalue weighted by molar-refractivity contribution is 7.92. The monoisotopic (exact) mass is 683 g/mol. The molecule has 0 radical (unpaired) electrons. The van der Waals surface area contributed by atoms with Crippen molar-refractivity contribution in [3.05, 3.63) is 137 Å². The summed E-state index contributed by atoms with van der Waals surface area (Å²) < 4.78 is 26.1. The zero-order valence-electron chi connectivity index (χ0n) is 28.1. The van der Waals surface area contributed by atoms with Crippen LogP contribution in [-0.4, -0.2) is 81.4 Å². The van der Waals surface area contributed by atoms with Crippen LogP contribution in [0.5, 0.6) is 0 Å². The number of anilines is 1.